The first-order chi connectivity index (χ1) is 6.26. The van der Waals surface area contributed by atoms with Gasteiger partial charge in [0.2, 0.25) is 0 Å². The molecule has 0 rings (SSSR count). The summed E-state index contributed by atoms with van der Waals surface area (Å²) in [5.41, 5.74) is 0. The predicted octanol–water partition coefficient (Wildman–Crippen LogP) is 0.550. The summed E-state index contributed by atoms with van der Waals surface area (Å²) in [4.78, 5) is 11.1. The topological polar surface area (TPSA) is 69.7 Å². The van der Waals surface area contributed by atoms with Crippen LogP contribution in [0.5, 0.6) is 0 Å². The van der Waals surface area contributed by atoms with Gasteiger partial charge in [-0.3, -0.25) is 4.18 Å². The molecule has 0 aliphatic heterocycles. The molecule has 0 bridgehead atoms. The van der Waals surface area contributed by atoms with E-state index in [1.165, 1.54) is 7.11 Å². The molecule has 1 atom stereocenters. The maximum atomic E-state index is 11.1. The number of esters is 1. The highest BCUT2D eigenvalue weighted by Gasteiger charge is 2.25. The zero-order chi connectivity index (χ0) is 11.4. The van der Waals surface area contributed by atoms with Gasteiger partial charge in [-0.15, -0.1) is 0 Å². The largest absolute Gasteiger partial charge is 0.467 e. The van der Waals surface area contributed by atoms with Crippen LogP contribution in [0.2, 0.25) is 0 Å². The molecule has 0 spiro atoms. The third kappa shape index (κ3) is 5.93. The van der Waals surface area contributed by atoms with Crippen molar-refractivity contribution in [3.63, 3.8) is 0 Å². The first kappa shape index (κ1) is 13.4. The summed E-state index contributed by atoms with van der Waals surface area (Å²) in [5.74, 6) is -0.509. The zero-order valence-electron chi connectivity index (χ0n) is 8.81. The molecule has 0 heterocycles. The molecule has 0 amide bonds. The standard InChI is InChI=1S/C8H16O5S/c1-6(2)5-7(8(9)12-3)13-14(4,10)11/h6-7H,5H2,1-4H3/t7-/m0/s1. The van der Waals surface area contributed by atoms with Gasteiger partial charge in [0.15, 0.2) is 6.10 Å². The van der Waals surface area contributed by atoms with Gasteiger partial charge in [0.25, 0.3) is 10.1 Å². The predicted molar refractivity (Wildman–Crippen MR) is 51.2 cm³/mol. The lowest BCUT2D eigenvalue weighted by molar-refractivity contribution is -0.149. The van der Waals surface area contributed by atoms with Gasteiger partial charge in [-0.1, -0.05) is 13.8 Å². The normalized spacial score (nSPS) is 14.1. The van der Waals surface area contributed by atoms with Gasteiger partial charge in [-0.2, -0.15) is 8.42 Å². The third-order valence-corrected chi connectivity index (χ3v) is 2.02. The molecule has 14 heavy (non-hydrogen) atoms. The summed E-state index contributed by atoms with van der Waals surface area (Å²) in [6, 6.07) is 0. The summed E-state index contributed by atoms with van der Waals surface area (Å²) in [6.07, 6.45) is 0.193. The molecule has 0 aromatic carbocycles. The molecule has 84 valence electrons. The Balaban J connectivity index is 4.48. The molecule has 0 radical (unpaired) electrons. The van der Waals surface area contributed by atoms with E-state index in [4.69, 9.17) is 0 Å². The van der Waals surface area contributed by atoms with Crippen LogP contribution >= 0.6 is 0 Å². The molecule has 0 saturated carbocycles. The Morgan fingerprint density at radius 3 is 2.14 bits per heavy atom. The fraction of sp³-hybridized carbons (Fsp3) is 0.875. The fourth-order valence-corrected chi connectivity index (χ4v) is 1.52. The molecule has 0 aromatic rings. The van der Waals surface area contributed by atoms with E-state index in [9.17, 15) is 13.2 Å². The van der Waals surface area contributed by atoms with E-state index in [-0.39, 0.29) is 5.92 Å². The van der Waals surface area contributed by atoms with Crippen molar-refractivity contribution < 1.29 is 22.1 Å². The molecule has 0 saturated heterocycles. The van der Waals surface area contributed by atoms with Crippen LogP contribution in [0.3, 0.4) is 0 Å². The van der Waals surface area contributed by atoms with E-state index in [0.29, 0.717) is 6.42 Å². The van der Waals surface area contributed by atoms with Crippen molar-refractivity contribution in [3.05, 3.63) is 0 Å². The van der Waals surface area contributed by atoms with E-state index in [1.807, 2.05) is 13.8 Å². The summed E-state index contributed by atoms with van der Waals surface area (Å²) in [5, 5.41) is 0. The van der Waals surface area contributed by atoms with E-state index >= 15 is 0 Å². The second kappa shape index (κ2) is 5.31. The highest BCUT2D eigenvalue weighted by Crippen LogP contribution is 2.11. The molecular formula is C8H16O5S. The van der Waals surface area contributed by atoms with Crippen molar-refractivity contribution >= 4 is 16.1 Å². The van der Waals surface area contributed by atoms with Crippen LogP contribution in [-0.4, -0.2) is 33.9 Å². The zero-order valence-corrected chi connectivity index (χ0v) is 9.63. The molecule has 5 nitrogen and oxygen atoms in total. The van der Waals surface area contributed by atoms with Gasteiger partial charge >= 0.3 is 5.97 Å². The number of rotatable bonds is 5. The second-order valence-electron chi connectivity index (χ2n) is 3.44. The first-order valence-corrected chi connectivity index (χ1v) is 6.04. The van der Waals surface area contributed by atoms with Crippen LogP contribution in [0.4, 0.5) is 0 Å². The van der Waals surface area contributed by atoms with Gasteiger partial charge in [-0.25, -0.2) is 4.79 Å². The Morgan fingerprint density at radius 2 is 1.86 bits per heavy atom. The molecule has 0 aliphatic carbocycles. The summed E-state index contributed by atoms with van der Waals surface area (Å²) in [6.45, 7) is 3.73. The minimum Gasteiger partial charge on any atom is -0.467 e. The second-order valence-corrected chi connectivity index (χ2v) is 5.04. The molecule has 0 aromatic heterocycles. The lowest BCUT2D eigenvalue weighted by atomic mass is 10.1. The Kier molecular flexibility index (Phi) is 5.07. The maximum absolute atomic E-state index is 11.1. The van der Waals surface area contributed by atoms with Crippen LogP contribution in [0.15, 0.2) is 0 Å². The van der Waals surface area contributed by atoms with Crippen LogP contribution in [0, 0.1) is 5.92 Å². The smallest absolute Gasteiger partial charge is 0.336 e. The lowest BCUT2D eigenvalue weighted by Gasteiger charge is -2.15. The number of hydrogen-bond acceptors (Lipinski definition) is 5. The van der Waals surface area contributed by atoms with Crippen molar-refractivity contribution in [3.8, 4) is 0 Å². The average molecular weight is 224 g/mol. The highest BCUT2D eigenvalue weighted by molar-refractivity contribution is 7.86. The third-order valence-electron chi connectivity index (χ3n) is 1.44. The van der Waals surface area contributed by atoms with Crippen LogP contribution < -0.4 is 0 Å². The molecular weight excluding hydrogens is 208 g/mol. The number of ether oxygens (including phenoxy) is 1. The van der Waals surface area contributed by atoms with Crippen molar-refractivity contribution in [1.29, 1.82) is 0 Å². The number of methoxy groups -OCH3 is 1. The Morgan fingerprint density at radius 1 is 1.36 bits per heavy atom. The summed E-state index contributed by atoms with van der Waals surface area (Å²) >= 11 is 0. The lowest BCUT2D eigenvalue weighted by Crippen LogP contribution is -2.29. The minimum atomic E-state index is -3.62. The van der Waals surface area contributed by atoms with Gasteiger partial charge < -0.3 is 4.74 Å². The quantitative estimate of drug-likeness (QED) is 0.504. The van der Waals surface area contributed by atoms with E-state index in [2.05, 4.69) is 8.92 Å². The molecule has 6 heteroatoms. The average Bonchev–Trinajstić information content (AvgIpc) is 1.98. The van der Waals surface area contributed by atoms with Gasteiger partial charge in [0.05, 0.1) is 13.4 Å². The monoisotopic (exact) mass is 224 g/mol. The van der Waals surface area contributed by atoms with Gasteiger partial charge in [-0.05, 0) is 12.3 Å². The number of carbonyl (C=O) groups is 1. The molecule has 0 unspecified atom stereocenters. The van der Waals surface area contributed by atoms with E-state index in [1.54, 1.807) is 0 Å². The van der Waals surface area contributed by atoms with E-state index in [0.717, 1.165) is 6.26 Å². The van der Waals surface area contributed by atoms with E-state index < -0.39 is 22.2 Å². The van der Waals surface area contributed by atoms with Crippen LogP contribution in [0.1, 0.15) is 20.3 Å². The van der Waals surface area contributed by atoms with Crippen molar-refractivity contribution in [1.82, 2.24) is 0 Å². The first-order valence-electron chi connectivity index (χ1n) is 4.22. The number of carbonyl (C=O) groups excluding carboxylic acids is 1. The van der Waals surface area contributed by atoms with Crippen LogP contribution in [0.25, 0.3) is 0 Å². The SMILES string of the molecule is COC(=O)[C@H](CC(C)C)OS(C)(=O)=O. The maximum Gasteiger partial charge on any atom is 0.336 e. The van der Waals surface area contributed by atoms with Crippen molar-refractivity contribution in [2.24, 2.45) is 5.92 Å². The van der Waals surface area contributed by atoms with Gasteiger partial charge in [0, 0.05) is 0 Å². The highest BCUT2D eigenvalue weighted by atomic mass is 32.2. The number of hydrogen-bond donors (Lipinski definition) is 0. The summed E-state index contributed by atoms with van der Waals surface area (Å²) in [7, 11) is -2.43. The molecule has 0 aliphatic rings. The molecule has 0 fully saturated rings. The minimum absolute atomic E-state index is 0.154. The van der Waals surface area contributed by atoms with Gasteiger partial charge in [0.1, 0.15) is 0 Å². The Bertz CT molecular complexity index is 280. The van der Waals surface area contributed by atoms with Crippen molar-refractivity contribution in [2.45, 2.75) is 26.4 Å². The van der Waals surface area contributed by atoms with Crippen LogP contribution in [-0.2, 0) is 23.8 Å². The fourth-order valence-electron chi connectivity index (χ4n) is 0.945. The Hall–Kier alpha value is -0.620. The Labute approximate surface area is 84.5 Å². The van der Waals surface area contributed by atoms with Crippen molar-refractivity contribution in [2.75, 3.05) is 13.4 Å². The summed E-state index contributed by atoms with van der Waals surface area (Å²) < 4.78 is 30.7. The molecule has 0 N–H and O–H groups in total.